The zero-order valence-electron chi connectivity index (χ0n) is 15.5. The van der Waals surface area contributed by atoms with E-state index in [0.717, 1.165) is 4.57 Å². The molecule has 148 valence electrons. The highest BCUT2D eigenvalue weighted by atomic mass is 35.5. The van der Waals surface area contributed by atoms with Crippen molar-refractivity contribution in [3.05, 3.63) is 102 Å². The Morgan fingerprint density at radius 3 is 2.03 bits per heavy atom. The molecule has 3 aromatic rings. The molecule has 0 saturated carbocycles. The predicted octanol–water partition coefficient (Wildman–Crippen LogP) is 2.57. The molecule has 1 aromatic heterocycles. The Balaban J connectivity index is 2.16. The molecule has 0 spiro atoms. The van der Waals surface area contributed by atoms with E-state index in [1.165, 1.54) is 24.9 Å². The number of hydrazone groups is 1. The first-order chi connectivity index (χ1) is 13.8. The summed E-state index contributed by atoms with van der Waals surface area (Å²) in [6, 6.07) is 13.2. The number of amides is 1. The molecule has 0 aliphatic carbocycles. The van der Waals surface area contributed by atoms with Gasteiger partial charge in [-0.1, -0.05) is 53.5 Å². The molecule has 1 N–H and O–H groups in total. The lowest BCUT2D eigenvalue weighted by atomic mass is 10.0. The molecule has 1 heterocycles. The first-order valence-electron chi connectivity index (χ1n) is 8.45. The van der Waals surface area contributed by atoms with Gasteiger partial charge in [0.25, 0.3) is 11.5 Å². The van der Waals surface area contributed by atoms with Crippen molar-refractivity contribution in [2.24, 2.45) is 19.2 Å². The van der Waals surface area contributed by atoms with Crippen LogP contribution in [-0.4, -0.2) is 20.8 Å². The Kier molecular flexibility index (Phi) is 6.00. The van der Waals surface area contributed by atoms with Crippen LogP contribution in [0.2, 0.25) is 10.0 Å². The Hall–Kier alpha value is -3.16. The minimum Gasteiger partial charge on any atom is -0.303 e. The number of aryl methyl sites for hydroxylation is 1. The smallest absolute Gasteiger partial charge is 0.303 e. The maximum Gasteiger partial charge on any atom is 0.330 e. The van der Waals surface area contributed by atoms with E-state index in [1.54, 1.807) is 48.5 Å². The Morgan fingerprint density at radius 1 is 0.897 bits per heavy atom. The van der Waals surface area contributed by atoms with Gasteiger partial charge in [-0.15, -0.1) is 0 Å². The van der Waals surface area contributed by atoms with E-state index < -0.39 is 17.2 Å². The average molecular weight is 431 g/mol. The van der Waals surface area contributed by atoms with Gasteiger partial charge in [0.15, 0.2) is 0 Å². The van der Waals surface area contributed by atoms with Gasteiger partial charge in [0.05, 0.1) is 21.2 Å². The van der Waals surface area contributed by atoms with Crippen molar-refractivity contribution in [3.8, 4) is 0 Å². The number of benzene rings is 2. The normalized spacial score (nSPS) is 11.4. The fourth-order valence-electron chi connectivity index (χ4n) is 2.70. The summed E-state index contributed by atoms with van der Waals surface area (Å²) < 4.78 is 2.20. The van der Waals surface area contributed by atoms with Crippen LogP contribution < -0.4 is 16.7 Å². The summed E-state index contributed by atoms with van der Waals surface area (Å²) >= 11 is 12.4. The SMILES string of the molecule is Cn1cc(C(=NNC(=O)c2ccccc2Cl)c2ccccc2Cl)c(=O)n(C)c1=O. The maximum atomic E-state index is 12.7. The quantitative estimate of drug-likeness (QED) is 0.509. The van der Waals surface area contributed by atoms with Crippen molar-refractivity contribution in [1.82, 2.24) is 14.6 Å². The van der Waals surface area contributed by atoms with E-state index >= 15 is 0 Å². The lowest BCUT2D eigenvalue weighted by molar-refractivity contribution is 0.0955. The second-order valence-corrected chi connectivity index (χ2v) is 6.98. The van der Waals surface area contributed by atoms with Gasteiger partial charge in [-0.25, -0.2) is 10.2 Å². The van der Waals surface area contributed by atoms with Crippen LogP contribution in [0.15, 0.2) is 69.4 Å². The van der Waals surface area contributed by atoms with Gasteiger partial charge in [-0.2, -0.15) is 5.10 Å². The Bertz CT molecular complexity index is 1240. The molecular formula is C20H16Cl2N4O3. The number of carbonyl (C=O) groups excluding carboxylic acids is 1. The third-order valence-corrected chi connectivity index (χ3v) is 4.88. The summed E-state index contributed by atoms with van der Waals surface area (Å²) in [7, 11) is 2.87. The van der Waals surface area contributed by atoms with Crippen LogP contribution in [0.4, 0.5) is 0 Å². The largest absolute Gasteiger partial charge is 0.330 e. The van der Waals surface area contributed by atoms with Gasteiger partial charge in [-0.3, -0.25) is 14.2 Å². The Labute approximate surface area is 175 Å². The second kappa shape index (κ2) is 8.46. The molecule has 0 aliphatic heterocycles. The van der Waals surface area contributed by atoms with E-state index in [-0.39, 0.29) is 21.9 Å². The molecule has 0 radical (unpaired) electrons. The highest BCUT2D eigenvalue weighted by Crippen LogP contribution is 2.19. The van der Waals surface area contributed by atoms with E-state index in [4.69, 9.17) is 23.2 Å². The van der Waals surface area contributed by atoms with Crippen molar-refractivity contribution in [1.29, 1.82) is 0 Å². The number of aromatic nitrogens is 2. The van der Waals surface area contributed by atoms with Crippen LogP contribution in [0, 0.1) is 0 Å². The number of nitrogens with zero attached hydrogens (tertiary/aromatic N) is 3. The van der Waals surface area contributed by atoms with Crippen molar-refractivity contribution >= 4 is 34.8 Å². The molecule has 1 amide bonds. The number of carbonyl (C=O) groups is 1. The fourth-order valence-corrected chi connectivity index (χ4v) is 3.15. The van der Waals surface area contributed by atoms with E-state index in [9.17, 15) is 14.4 Å². The van der Waals surface area contributed by atoms with Crippen LogP contribution in [0.1, 0.15) is 21.5 Å². The summed E-state index contributed by atoms with van der Waals surface area (Å²) in [6.07, 6.45) is 1.36. The molecule has 9 heteroatoms. The Morgan fingerprint density at radius 2 is 1.45 bits per heavy atom. The molecule has 3 rings (SSSR count). The van der Waals surface area contributed by atoms with Gasteiger partial charge in [0, 0.05) is 25.9 Å². The second-order valence-electron chi connectivity index (χ2n) is 6.16. The lowest BCUT2D eigenvalue weighted by Crippen LogP contribution is -2.40. The minimum absolute atomic E-state index is 0.0992. The molecule has 0 aliphatic rings. The molecule has 0 bridgehead atoms. The summed E-state index contributed by atoms with van der Waals surface area (Å²) in [6.45, 7) is 0. The summed E-state index contributed by atoms with van der Waals surface area (Å²) in [5.41, 5.74) is 2.22. The highest BCUT2D eigenvalue weighted by Gasteiger charge is 2.18. The predicted molar refractivity (Wildman–Crippen MR) is 113 cm³/mol. The number of hydrogen-bond donors (Lipinski definition) is 1. The van der Waals surface area contributed by atoms with Gasteiger partial charge < -0.3 is 4.57 Å². The molecule has 0 fully saturated rings. The van der Waals surface area contributed by atoms with Crippen molar-refractivity contribution in [2.75, 3.05) is 0 Å². The molecule has 0 unspecified atom stereocenters. The molecule has 0 saturated heterocycles. The molecule has 0 atom stereocenters. The average Bonchev–Trinajstić information content (AvgIpc) is 2.71. The van der Waals surface area contributed by atoms with Crippen LogP contribution in [0.5, 0.6) is 0 Å². The summed E-state index contributed by atoms with van der Waals surface area (Å²) in [4.78, 5) is 37.3. The van der Waals surface area contributed by atoms with Crippen molar-refractivity contribution in [2.45, 2.75) is 0 Å². The molecule has 7 nitrogen and oxygen atoms in total. The van der Waals surface area contributed by atoms with Gasteiger partial charge in [-0.05, 0) is 18.2 Å². The van der Waals surface area contributed by atoms with Gasteiger partial charge >= 0.3 is 5.69 Å². The topological polar surface area (TPSA) is 85.5 Å². The van der Waals surface area contributed by atoms with Gasteiger partial charge in [0.2, 0.25) is 0 Å². The minimum atomic E-state index is -0.571. The molecular weight excluding hydrogens is 415 g/mol. The molecule has 2 aromatic carbocycles. The number of hydrogen-bond acceptors (Lipinski definition) is 4. The number of rotatable bonds is 4. The monoisotopic (exact) mass is 430 g/mol. The number of nitrogens with one attached hydrogen (secondary N) is 1. The zero-order chi connectivity index (χ0) is 21.1. The summed E-state index contributed by atoms with van der Waals surface area (Å²) in [5, 5.41) is 4.75. The van der Waals surface area contributed by atoms with E-state index in [2.05, 4.69) is 10.5 Å². The molecule has 29 heavy (non-hydrogen) atoms. The standard InChI is InChI=1S/C20H16Cl2N4O3/c1-25-11-14(19(28)26(2)20(25)29)17(12-7-3-5-9-15(12)21)23-24-18(27)13-8-4-6-10-16(13)22/h3-11H,1-2H3,(H,24,27). The van der Waals surface area contributed by atoms with Crippen LogP contribution in [0.25, 0.3) is 0 Å². The first kappa shape index (κ1) is 20.6. The fraction of sp³-hybridized carbons (Fsp3) is 0.100. The van der Waals surface area contributed by atoms with E-state index in [1.807, 2.05) is 0 Å². The summed E-state index contributed by atoms with van der Waals surface area (Å²) in [5.74, 6) is -0.554. The first-order valence-corrected chi connectivity index (χ1v) is 9.21. The van der Waals surface area contributed by atoms with E-state index in [0.29, 0.717) is 10.6 Å². The van der Waals surface area contributed by atoms with Crippen LogP contribution in [-0.2, 0) is 14.1 Å². The zero-order valence-corrected chi connectivity index (χ0v) is 17.0. The number of halogens is 2. The third-order valence-electron chi connectivity index (χ3n) is 4.22. The lowest BCUT2D eigenvalue weighted by Gasteiger charge is -2.12. The maximum absolute atomic E-state index is 12.7. The third kappa shape index (κ3) is 4.16. The van der Waals surface area contributed by atoms with Crippen LogP contribution >= 0.6 is 23.2 Å². The highest BCUT2D eigenvalue weighted by molar-refractivity contribution is 6.35. The van der Waals surface area contributed by atoms with Crippen molar-refractivity contribution in [3.63, 3.8) is 0 Å². The van der Waals surface area contributed by atoms with Gasteiger partial charge in [0.1, 0.15) is 5.71 Å². The van der Waals surface area contributed by atoms with Crippen LogP contribution in [0.3, 0.4) is 0 Å². The van der Waals surface area contributed by atoms with Crippen molar-refractivity contribution < 1.29 is 4.79 Å².